The molecular weight excluding hydrogens is 358 g/mol. The summed E-state index contributed by atoms with van der Waals surface area (Å²) in [6.07, 6.45) is 3.49. The van der Waals surface area contributed by atoms with Crippen LogP contribution in [0.3, 0.4) is 0 Å². The number of ether oxygens (including phenoxy) is 2. The Kier molecular flexibility index (Phi) is 5.22. The Balaban J connectivity index is 1.92. The van der Waals surface area contributed by atoms with Gasteiger partial charge in [-0.2, -0.15) is 0 Å². The van der Waals surface area contributed by atoms with Crippen LogP contribution < -0.4 is 4.74 Å². The van der Waals surface area contributed by atoms with Gasteiger partial charge in [0.1, 0.15) is 5.82 Å². The molecule has 2 atom stereocenters. The largest absolute Gasteiger partial charge is 0.504 e. The smallest absolute Gasteiger partial charge is 0.214 e. The first-order valence-electron chi connectivity index (χ1n) is 8.21. The number of hydrogen-bond donors (Lipinski definition) is 1. The first-order valence-corrected chi connectivity index (χ1v) is 9.82. The third-order valence-corrected chi connectivity index (χ3v) is 6.57. The van der Waals surface area contributed by atoms with Crippen LogP contribution in [0.25, 0.3) is 11.4 Å². The molecule has 1 N–H and O–H groups in total. The van der Waals surface area contributed by atoms with Crippen molar-refractivity contribution in [2.45, 2.75) is 6.04 Å². The van der Waals surface area contributed by atoms with E-state index in [1.54, 1.807) is 24.4 Å². The van der Waals surface area contributed by atoms with Crippen LogP contribution >= 0.6 is 0 Å². The molecule has 3 rings (SSSR count). The second-order valence-electron chi connectivity index (χ2n) is 6.47. The molecule has 0 saturated carbocycles. The lowest BCUT2D eigenvalue weighted by Gasteiger charge is -2.22. The van der Waals surface area contributed by atoms with Crippen molar-refractivity contribution in [3.8, 4) is 22.9 Å². The standard InChI is InChI=1S/C17H23N3O5S/c1-19(2)26(22,23)11-13-9-25-10-14(13)20-7-6-18-17(20)12-4-5-15(21)16(8-12)24-3/h4-8,13-14,21H,9-11H2,1-3H3/t13-,14+/m0/s1. The Morgan fingerprint density at radius 1 is 1.38 bits per heavy atom. The van der Waals surface area contributed by atoms with Gasteiger partial charge >= 0.3 is 0 Å². The van der Waals surface area contributed by atoms with Crippen LogP contribution in [0.1, 0.15) is 6.04 Å². The Morgan fingerprint density at radius 2 is 2.15 bits per heavy atom. The summed E-state index contributed by atoms with van der Waals surface area (Å²) in [7, 11) is 1.22. The van der Waals surface area contributed by atoms with Gasteiger partial charge in [-0.1, -0.05) is 0 Å². The molecule has 1 aliphatic heterocycles. The lowest BCUT2D eigenvalue weighted by molar-refractivity contribution is 0.182. The van der Waals surface area contributed by atoms with Gasteiger partial charge in [0.05, 0.1) is 32.1 Å². The average Bonchev–Trinajstić information content (AvgIpc) is 3.23. The summed E-state index contributed by atoms with van der Waals surface area (Å²) < 4.78 is 38.5. The summed E-state index contributed by atoms with van der Waals surface area (Å²) in [5.74, 6) is 0.918. The third kappa shape index (κ3) is 3.55. The molecule has 0 amide bonds. The van der Waals surface area contributed by atoms with Crippen LogP contribution in [0.15, 0.2) is 30.6 Å². The molecule has 1 fully saturated rings. The molecular formula is C17H23N3O5S. The molecule has 142 valence electrons. The molecule has 0 spiro atoms. The number of nitrogens with zero attached hydrogens (tertiary/aromatic N) is 3. The number of hydrogen-bond acceptors (Lipinski definition) is 6. The number of aromatic nitrogens is 2. The van der Waals surface area contributed by atoms with Crippen molar-refractivity contribution in [2.24, 2.45) is 5.92 Å². The zero-order valence-corrected chi connectivity index (χ0v) is 15.8. The van der Waals surface area contributed by atoms with Crippen LogP contribution in [-0.4, -0.2) is 67.6 Å². The molecule has 0 bridgehead atoms. The quantitative estimate of drug-likeness (QED) is 0.812. The van der Waals surface area contributed by atoms with E-state index in [9.17, 15) is 13.5 Å². The van der Waals surface area contributed by atoms with E-state index in [1.165, 1.54) is 25.5 Å². The number of rotatable bonds is 6. The van der Waals surface area contributed by atoms with Gasteiger partial charge in [-0.3, -0.25) is 0 Å². The normalized spacial score (nSPS) is 20.6. The van der Waals surface area contributed by atoms with Crippen LogP contribution in [-0.2, 0) is 14.8 Å². The SMILES string of the molecule is COc1cc(-c2nccn2[C@@H]2COC[C@H]2CS(=O)(=O)N(C)C)ccc1O. The van der Waals surface area contributed by atoms with Crippen molar-refractivity contribution in [1.82, 2.24) is 13.9 Å². The first-order chi connectivity index (χ1) is 12.3. The minimum atomic E-state index is -3.33. The van der Waals surface area contributed by atoms with Gasteiger partial charge in [-0.15, -0.1) is 0 Å². The number of sulfonamides is 1. The van der Waals surface area contributed by atoms with Gasteiger partial charge in [0.25, 0.3) is 0 Å². The van der Waals surface area contributed by atoms with E-state index < -0.39 is 10.0 Å². The highest BCUT2D eigenvalue weighted by molar-refractivity contribution is 7.89. The fourth-order valence-corrected chi connectivity index (χ4v) is 4.25. The molecule has 1 saturated heterocycles. The third-order valence-electron chi connectivity index (χ3n) is 4.61. The topological polar surface area (TPSA) is 93.9 Å². The van der Waals surface area contributed by atoms with E-state index in [2.05, 4.69) is 4.98 Å². The summed E-state index contributed by atoms with van der Waals surface area (Å²) in [4.78, 5) is 4.41. The zero-order valence-electron chi connectivity index (χ0n) is 15.0. The summed E-state index contributed by atoms with van der Waals surface area (Å²) in [6.45, 7) is 0.806. The molecule has 9 heteroatoms. The van der Waals surface area contributed by atoms with E-state index >= 15 is 0 Å². The number of aromatic hydroxyl groups is 1. The van der Waals surface area contributed by atoms with Gasteiger partial charge in [0.2, 0.25) is 10.0 Å². The first kappa shape index (κ1) is 18.7. The molecule has 0 aliphatic carbocycles. The van der Waals surface area contributed by atoms with Gasteiger partial charge in [-0.05, 0) is 18.2 Å². The van der Waals surface area contributed by atoms with Crippen molar-refractivity contribution in [2.75, 3.05) is 40.2 Å². The highest BCUT2D eigenvalue weighted by Crippen LogP contribution is 2.35. The Morgan fingerprint density at radius 3 is 2.85 bits per heavy atom. The number of methoxy groups -OCH3 is 1. The molecule has 26 heavy (non-hydrogen) atoms. The molecule has 1 aromatic carbocycles. The summed E-state index contributed by atoms with van der Waals surface area (Å²) in [5, 5.41) is 9.79. The maximum atomic E-state index is 12.3. The maximum Gasteiger partial charge on any atom is 0.214 e. The fourth-order valence-electron chi connectivity index (χ4n) is 3.09. The van der Waals surface area contributed by atoms with Gasteiger partial charge < -0.3 is 19.1 Å². The van der Waals surface area contributed by atoms with Gasteiger partial charge in [0, 0.05) is 38.0 Å². The highest BCUT2D eigenvalue weighted by Gasteiger charge is 2.35. The molecule has 2 aromatic rings. The zero-order chi connectivity index (χ0) is 18.9. The number of benzene rings is 1. The lowest BCUT2D eigenvalue weighted by Crippen LogP contribution is -2.32. The second-order valence-corrected chi connectivity index (χ2v) is 8.70. The highest BCUT2D eigenvalue weighted by atomic mass is 32.2. The monoisotopic (exact) mass is 381 g/mol. The van der Waals surface area contributed by atoms with E-state index in [0.29, 0.717) is 24.8 Å². The predicted molar refractivity (Wildman–Crippen MR) is 96.7 cm³/mol. The molecule has 1 aromatic heterocycles. The molecule has 0 radical (unpaired) electrons. The Hall–Kier alpha value is -2.10. The van der Waals surface area contributed by atoms with Crippen LogP contribution in [0.4, 0.5) is 0 Å². The Labute approximate surface area is 153 Å². The van der Waals surface area contributed by atoms with Crippen LogP contribution in [0.2, 0.25) is 0 Å². The average molecular weight is 381 g/mol. The van der Waals surface area contributed by atoms with Crippen molar-refractivity contribution < 1.29 is 23.0 Å². The van der Waals surface area contributed by atoms with Crippen molar-refractivity contribution in [1.29, 1.82) is 0 Å². The van der Waals surface area contributed by atoms with Crippen molar-refractivity contribution >= 4 is 10.0 Å². The summed E-state index contributed by atoms with van der Waals surface area (Å²) >= 11 is 0. The van der Waals surface area contributed by atoms with Crippen LogP contribution in [0.5, 0.6) is 11.5 Å². The number of phenolic OH excluding ortho intramolecular Hbond substituents is 1. The van der Waals surface area contributed by atoms with Crippen molar-refractivity contribution in [3.63, 3.8) is 0 Å². The van der Waals surface area contributed by atoms with Crippen molar-refractivity contribution in [3.05, 3.63) is 30.6 Å². The van der Waals surface area contributed by atoms with E-state index in [1.807, 2.05) is 10.8 Å². The Bertz CT molecular complexity index is 878. The van der Waals surface area contributed by atoms with Gasteiger partial charge in [0.15, 0.2) is 11.5 Å². The van der Waals surface area contributed by atoms with E-state index in [-0.39, 0.29) is 23.5 Å². The molecule has 1 aliphatic rings. The lowest BCUT2D eigenvalue weighted by atomic mass is 10.1. The fraction of sp³-hybridized carbons (Fsp3) is 0.471. The summed E-state index contributed by atoms with van der Waals surface area (Å²) in [5.41, 5.74) is 0.769. The summed E-state index contributed by atoms with van der Waals surface area (Å²) in [6, 6.07) is 4.86. The minimum Gasteiger partial charge on any atom is -0.504 e. The predicted octanol–water partition coefficient (Wildman–Crippen LogP) is 1.34. The van der Waals surface area contributed by atoms with E-state index in [4.69, 9.17) is 9.47 Å². The van der Waals surface area contributed by atoms with Crippen LogP contribution in [0, 0.1) is 5.92 Å². The number of imidazole rings is 1. The maximum absolute atomic E-state index is 12.3. The second kappa shape index (κ2) is 7.26. The molecule has 8 nitrogen and oxygen atoms in total. The number of phenols is 1. The van der Waals surface area contributed by atoms with Gasteiger partial charge in [-0.25, -0.2) is 17.7 Å². The van der Waals surface area contributed by atoms with E-state index in [0.717, 1.165) is 5.56 Å². The molecule has 0 unspecified atom stereocenters. The minimum absolute atomic E-state index is 0.0151. The molecule has 2 heterocycles.